The van der Waals surface area contributed by atoms with Crippen LogP contribution in [0.3, 0.4) is 0 Å². The van der Waals surface area contributed by atoms with Crippen molar-refractivity contribution >= 4 is 23.3 Å². The quantitative estimate of drug-likeness (QED) is 0.528. The summed E-state index contributed by atoms with van der Waals surface area (Å²) in [6.45, 7) is 6.10. The van der Waals surface area contributed by atoms with Crippen molar-refractivity contribution in [3.8, 4) is 11.4 Å². The third kappa shape index (κ3) is 6.32. The number of aromatic nitrogens is 5. The van der Waals surface area contributed by atoms with Crippen LogP contribution >= 0.6 is 0 Å². The normalized spacial score (nSPS) is 14.3. The van der Waals surface area contributed by atoms with E-state index in [9.17, 15) is 18.0 Å². The molecule has 36 heavy (non-hydrogen) atoms. The number of benzene rings is 1. The molecule has 0 bridgehead atoms. The van der Waals surface area contributed by atoms with Gasteiger partial charge in [-0.3, -0.25) is 0 Å². The predicted octanol–water partition coefficient (Wildman–Crippen LogP) is 5.12. The number of carbonyl (C=O) groups excluding carboxylic acids is 1. The number of nitrogens with zero attached hydrogens (tertiary/aromatic N) is 6. The van der Waals surface area contributed by atoms with Gasteiger partial charge in [0.05, 0.1) is 11.1 Å². The number of amides is 1. The second-order valence-corrected chi connectivity index (χ2v) is 9.04. The van der Waals surface area contributed by atoms with Crippen LogP contribution in [0, 0.1) is 0 Å². The molecule has 0 fully saturated rings. The molecule has 0 unspecified atom stereocenters. The molecule has 12 heteroatoms. The van der Waals surface area contributed by atoms with Crippen molar-refractivity contribution in [2.45, 2.75) is 39.0 Å². The molecule has 1 aliphatic heterocycles. The van der Waals surface area contributed by atoms with Gasteiger partial charge in [0.15, 0.2) is 11.6 Å². The van der Waals surface area contributed by atoms with Gasteiger partial charge in [-0.2, -0.15) is 23.1 Å². The van der Waals surface area contributed by atoms with Gasteiger partial charge in [0.2, 0.25) is 5.95 Å². The largest absolute Gasteiger partial charge is 0.444 e. The first-order valence-corrected chi connectivity index (χ1v) is 11.1. The van der Waals surface area contributed by atoms with Crippen LogP contribution in [0.2, 0.25) is 0 Å². The molecule has 4 rings (SSSR count). The predicted molar refractivity (Wildman–Crippen MR) is 126 cm³/mol. The third-order valence-corrected chi connectivity index (χ3v) is 5.05. The number of halogens is 3. The average Bonchev–Trinajstić information content (AvgIpc) is 2.83. The Balaban J connectivity index is 1.64. The Hall–Kier alpha value is -4.09. The third-order valence-electron chi connectivity index (χ3n) is 5.05. The SMILES string of the molecule is CC(C)(C)OC(=O)N1CC=C(c2nc(Nc3cccc(C(F)(F)F)c3)nc(-c3cncnc3)n2)CC1. The molecule has 0 saturated heterocycles. The Morgan fingerprint density at radius 2 is 1.78 bits per heavy atom. The molecule has 2 aromatic heterocycles. The molecular formula is C24H24F3N7O2. The first-order chi connectivity index (χ1) is 17.0. The van der Waals surface area contributed by atoms with Crippen LogP contribution in [0.4, 0.5) is 29.6 Å². The molecule has 188 valence electrons. The maximum Gasteiger partial charge on any atom is 0.416 e. The molecule has 3 aromatic rings. The van der Waals surface area contributed by atoms with E-state index in [1.165, 1.54) is 30.9 Å². The summed E-state index contributed by atoms with van der Waals surface area (Å²) < 4.78 is 44.9. The van der Waals surface area contributed by atoms with E-state index in [0.717, 1.165) is 17.7 Å². The summed E-state index contributed by atoms with van der Waals surface area (Å²) in [6, 6.07) is 4.75. The summed E-state index contributed by atoms with van der Waals surface area (Å²) in [6.07, 6.45) is 1.80. The summed E-state index contributed by atoms with van der Waals surface area (Å²) in [5, 5.41) is 2.84. The molecule has 1 amide bonds. The fraction of sp³-hybridized carbons (Fsp3) is 0.333. The minimum Gasteiger partial charge on any atom is -0.444 e. The van der Waals surface area contributed by atoms with Crippen molar-refractivity contribution in [1.29, 1.82) is 0 Å². The highest BCUT2D eigenvalue weighted by Crippen LogP contribution is 2.31. The number of carbonyl (C=O) groups is 1. The van der Waals surface area contributed by atoms with Crippen LogP contribution in [-0.4, -0.2) is 54.6 Å². The molecule has 9 nitrogen and oxygen atoms in total. The second-order valence-electron chi connectivity index (χ2n) is 9.04. The monoisotopic (exact) mass is 499 g/mol. The Morgan fingerprint density at radius 1 is 1.06 bits per heavy atom. The lowest BCUT2D eigenvalue weighted by atomic mass is 10.1. The van der Waals surface area contributed by atoms with E-state index in [1.54, 1.807) is 25.7 Å². The zero-order chi connectivity index (χ0) is 25.9. The molecule has 0 radical (unpaired) electrons. The van der Waals surface area contributed by atoms with E-state index in [2.05, 4.69) is 30.2 Å². The van der Waals surface area contributed by atoms with Gasteiger partial charge in [-0.05, 0) is 51.0 Å². The maximum atomic E-state index is 13.2. The first kappa shape index (κ1) is 25.0. The number of ether oxygens (including phenoxy) is 1. The molecule has 0 atom stereocenters. The molecule has 1 N–H and O–H groups in total. The van der Waals surface area contributed by atoms with Gasteiger partial charge in [-0.1, -0.05) is 12.1 Å². The summed E-state index contributed by atoms with van der Waals surface area (Å²) in [7, 11) is 0. The number of hydrogen-bond donors (Lipinski definition) is 1. The molecule has 1 aliphatic rings. The highest BCUT2D eigenvalue weighted by molar-refractivity contribution is 5.72. The summed E-state index contributed by atoms with van der Waals surface area (Å²) in [5.41, 5.74) is 0.0513. The van der Waals surface area contributed by atoms with E-state index in [4.69, 9.17) is 4.74 Å². The maximum absolute atomic E-state index is 13.2. The van der Waals surface area contributed by atoms with Gasteiger partial charge >= 0.3 is 12.3 Å². The van der Waals surface area contributed by atoms with Gasteiger partial charge in [-0.15, -0.1) is 0 Å². The van der Waals surface area contributed by atoms with E-state index in [1.807, 2.05) is 6.08 Å². The lowest BCUT2D eigenvalue weighted by Gasteiger charge is -2.29. The summed E-state index contributed by atoms with van der Waals surface area (Å²) in [4.78, 5) is 35.3. The van der Waals surface area contributed by atoms with Crippen molar-refractivity contribution in [2.24, 2.45) is 0 Å². The van der Waals surface area contributed by atoms with Gasteiger partial charge in [0.25, 0.3) is 0 Å². The fourth-order valence-electron chi connectivity index (χ4n) is 3.39. The van der Waals surface area contributed by atoms with Crippen LogP contribution in [0.25, 0.3) is 17.0 Å². The van der Waals surface area contributed by atoms with Gasteiger partial charge in [0, 0.05) is 31.2 Å². The Labute approximate surface area is 205 Å². The van der Waals surface area contributed by atoms with E-state index >= 15 is 0 Å². The van der Waals surface area contributed by atoms with Gasteiger partial charge in [0.1, 0.15) is 11.9 Å². The molecule has 0 aliphatic carbocycles. The number of alkyl halides is 3. The van der Waals surface area contributed by atoms with Gasteiger partial charge < -0.3 is 15.0 Å². The standard InChI is InChI=1S/C24H24F3N7O2/c1-23(2,3)36-22(35)34-9-7-15(8-10-34)19-31-20(16-12-28-14-29-13-16)33-21(32-19)30-18-6-4-5-17(11-18)24(25,26)27/h4-7,11-14H,8-10H2,1-3H3,(H,30,31,32,33). The average molecular weight is 499 g/mol. The molecule has 1 aromatic carbocycles. The van der Waals surface area contributed by atoms with Crippen molar-refractivity contribution in [2.75, 3.05) is 18.4 Å². The highest BCUT2D eigenvalue weighted by atomic mass is 19.4. The van der Waals surface area contributed by atoms with E-state index < -0.39 is 23.4 Å². The zero-order valence-electron chi connectivity index (χ0n) is 19.9. The minimum absolute atomic E-state index is 0.0636. The number of nitrogens with one attached hydrogen (secondary N) is 1. The van der Waals surface area contributed by atoms with Crippen LogP contribution < -0.4 is 5.32 Å². The van der Waals surface area contributed by atoms with Gasteiger partial charge in [-0.25, -0.2) is 19.7 Å². The lowest BCUT2D eigenvalue weighted by molar-refractivity contribution is -0.137. The number of rotatable bonds is 4. The zero-order valence-corrected chi connectivity index (χ0v) is 19.9. The van der Waals surface area contributed by atoms with Crippen LogP contribution in [0.5, 0.6) is 0 Å². The van der Waals surface area contributed by atoms with Crippen LogP contribution in [-0.2, 0) is 10.9 Å². The van der Waals surface area contributed by atoms with Crippen molar-refractivity contribution in [3.63, 3.8) is 0 Å². The lowest BCUT2D eigenvalue weighted by Crippen LogP contribution is -2.39. The molecule has 3 heterocycles. The van der Waals surface area contributed by atoms with E-state index in [0.29, 0.717) is 30.9 Å². The first-order valence-electron chi connectivity index (χ1n) is 11.1. The van der Waals surface area contributed by atoms with E-state index in [-0.39, 0.29) is 17.5 Å². The fourth-order valence-corrected chi connectivity index (χ4v) is 3.39. The van der Waals surface area contributed by atoms with Crippen LogP contribution in [0.1, 0.15) is 38.6 Å². The second kappa shape index (κ2) is 9.88. The van der Waals surface area contributed by atoms with Crippen molar-refractivity contribution in [3.05, 3.63) is 60.5 Å². The molecule has 0 saturated carbocycles. The van der Waals surface area contributed by atoms with Crippen LogP contribution in [0.15, 0.2) is 49.1 Å². The molecule has 0 spiro atoms. The Kier molecular flexibility index (Phi) is 6.86. The number of hydrogen-bond acceptors (Lipinski definition) is 8. The molecular weight excluding hydrogens is 475 g/mol. The van der Waals surface area contributed by atoms with Crippen molar-refractivity contribution < 1.29 is 22.7 Å². The summed E-state index contributed by atoms with van der Waals surface area (Å²) in [5.74, 6) is 0.654. The number of anilines is 2. The minimum atomic E-state index is -4.48. The smallest absolute Gasteiger partial charge is 0.416 e. The highest BCUT2D eigenvalue weighted by Gasteiger charge is 2.30. The Morgan fingerprint density at radius 3 is 2.42 bits per heavy atom. The summed E-state index contributed by atoms with van der Waals surface area (Å²) >= 11 is 0. The topological polar surface area (TPSA) is 106 Å². The van der Waals surface area contributed by atoms with Crippen molar-refractivity contribution in [1.82, 2.24) is 29.8 Å². The Bertz CT molecular complexity index is 1270.